The van der Waals surface area contributed by atoms with Gasteiger partial charge in [0.15, 0.2) is 16.8 Å². The summed E-state index contributed by atoms with van der Waals surface area (Å²) < 4.78 is 12.6. The zero-order valence-electron chi connectivity index (χ0n) is 16.7. The maximum Gasteiger partial charge on any atom is 0.259 e. The summed E-state index contributed by atoms with van der Waals surface area (Å²) in [5.41, 5.74) is 1.54. The molecule has 160 valence electrons. The molecular formula is C21H19Cl2N5O2S. The first kappa shape index (κ1) is 21.8. The van der Waals surface area contributed by atoms with Gasteiger partial charge in [-0.25, -0.2) is 0 Å². The van der Waals surface area contributed by atoms with E-state index < -0.39 is 0 Å². The van der Waals surface area contributed by atoms with Crippen LogP contribution in [0.2, 0.25) is 10.0 Å². The smallest absolute Gasteiger partial charge is 0.259 e. The molecule has 31 heavy (non-hydrogen) atoms. The van der Waals surface area contributed by atoms with Crippen molar-refractivity contribution in [2.75, 3.05) is 13.7 Å². The molecule has 4 rings (SSSR count). The number of halogens is 2. The van der Waals surface area contributed by atoms with E-state index in [-0.39, 0.29) is 0 Å². The van der Waals surface area contributed by atoms with E-state index in [1.165, 1.54) is 11.8 Å². The summed E-state index contributed by atoms with van der Waals surface area (Å²) in [5.74, 6) is 2.12. The summed E-state index contributed by atoms with van der Waals surface area (Å²) in [6.45, 7) is 1.33. The Labute approximate surface area is 193 Å². The molecule has 0 saturated carbocycles. The van der Waals surface area contributed by atoms with Gasteiger partial charge in [0.25, 0.3) is 5.89 Å². The fourth-order valence-electron chi connectivity index (χ4n) is 2.99. The molecule has 7 nitrogen and oxygen atoms in total. The molecule has 2 heterocycles. The Bertz CT molecular complexity index is 1160. The minimum atomic E-state index is 0.388. The monoisotopic (exact) mass is 475 g/mol. The van der Waals surface area contributed by atoms with Gasteiger partial charge in [-0.15, -0.1) is 10.2 Å². The van der Waals surface area contributed by atoms with E-state index in [0.717, 1.165) is 17.1 Å². The van der Waals surface area contributed by atoms with Crippen LogP contribution in [0.25, 0.3) is 22.8 Å². The molecule has 0 aliphatic heterocycles. The van der Waals surface area contributed by atoms with Gasteiger partial charge in [0.05, 0.1) is 21.4 Å². The van der Waals surface area contributed by atoms with Gasteiger partial charge >= 0.3 is 0 Å². The molecule has 2 aromatic carbocycles. The van der Waals surface area contributed by atoms with Crippen molar-refractivity contribution < 1.29 is 9.26 Å². The largest absolute Gasteiger partial charge is 0.385 e. The van der Waals surface area contributed by atoms with E-state index in [4.69, 9.17) is 32.5 Å². The molecule has 0 N–H and O–H groups in total. The van der Waals surface area contributed by atoms with Crippen molar-refractivity contribution in [3.8, 4) is 22.8 Å². The predicted molar refractivity (Wildman–Crippen MR) is 121 cm³/mol. The highest BCUT2D eigenvalue weighted by Crippen LogP contribution is 2.31. The molecule has 0 fully saturated rings. The third-order valence-corrected chi connectivity index (χ3v) is 6.09. The number of thioether (sulfide) groups is 1. The first-order valence-electron chi connectivity index (χ1n) is 9.54. The van der Waals surface area contributed by atoms with E-state index in [1.54, 1.807) is 13.2 Å². The molecule has 0 aliphatic rings. The van der Waals surface area contributed by atoms with Crippen molar-refractivity contribution >= 4 is 35.0 Å². The Kier molecular flexibility index (Phi) is 7.24. The van der Waals surface area contributed by atoms with Crippen molar-refractivity contribution in [1.82, 2.24) is 24.9 Å². The van der Waals surface area contributed by atoms with E-state index in [2.05, 4.69) is 20.3 Å². The standard InChI is InChI=1S/C21H19Cl2N5O2S/c1-29-12-6-11-28-19(14-7-2-4-9-16(14)22)25-26-21(28)31-13-18-24-20(30-27-18)15-8-3-5-10-17(15)23/h2-5,7-10H,6,11-13H2,1H3. The van der Waals surface area contributed by atoms with Gasteiger partial charge in [-0.3, -0.25) is 0 Å². The second-order valence-electron chi connectivity index (χ2n) is 6.57. The topological polar surface area (TPSA) is 78.9 Å². The fourth-order valence-corrected chi connectivity index (χ4v) is 4.24. The Hall–Kier alpha value is -2.39. The lowest BCUT2D eigenvalue weighted by molar-refractivity contribution is 0.189. The molecule has 4 aromatic rings. The number of aromatic nitrogens is 5. The number of rotatable bonds is 9. The van der Waals surface area contributed by atoms with E-state index in [9.17, 15) is 0 Å². The van der Waals surface area contributed by atoms with Crippen molar-refractivity contribution in [2.24, 2.45) is 0 Å². The van der Waals surface area contributed by atoms with Crippen LogP contribution in [-0.4, -0.2) is 38.6 Å². The maximum absolute atomic E-state index is 6.39. The third kappa shape index (κ3) is 5.10. The molecule has 10 heteroatoms. The number of hydrogen-bond acceptors (Lipinski definition) is 7. The van der Waals surface area contributed by atoms with Crippen molar-refractivity contribution in [2.45, 2.75) is 23.9 Å². The summed E-state index contributed by atoms with van der Waals surface area (Å²) in [6.07, 6.45) is 0.818. The van der Waals surface area contributed by atoms with Crippen molar-refractivity contribution in [3.05, 3.63) is 64.4 Å². The summed E-state index contributed by atoms with van der Waals surface area (Å²) >= 11 is 14.1. The molecule has 2 aromatic heterocycles. The second-order valence-corrected chi connectivity index (χ2v) is 8.33. The molecule has 0 spiro atoms. The third-order valence-electron chi connectivity index (χ3n) is 4.46. The number of benzene rings is 2. The van der Waals surface area contributed by atoms with Gasteiger partial charge in [-0.05, 0) is 30.7 Å². The summed E-state index contributed by atoms with van der Waals surface area (Å²) in [4.78, 5) is 4.46. The average molecular weight is 476 g/mol. The molecule has 0 saturated heterocycles. The van der Waals surface area contributed by atoms with Gasteiger partial charge in [0.1, 0.15) is 0 Å². The highest BCUT2D eigenvalue weighted by molar-refractivity contribution is 7.98. The number of ether oxygens (including phenoxy) is 1. The summed E-state index contributed by atoms with van der Waals surface area (Å²) in [5, 5.41) is 14.8. The van der Waals surface area contributed by atoms with Crippen LogP contribution in [0, 0.1) is 0 Å². The maximum atomic E-state index is 6.39. The number of nitrogens with zero attached hydrogens (tertiary/aromatic N) is 5. The van der Waals surface area contributed by atoms with E-state index in [0.29, 0.717) is 52.1 Å². The van der Waals surface area contributed by atoms with Crippen LogP contribution >= 0.6 is 35.0 Å². The Balaban J connectivity index is 1.55. The normalized spacial score (nSPS) is 11.2. The average Bonchev–Trinajstić information content (AvgIpc) is 3.40. The molecule has 0 bridgehead atoms. The first-order chi connectivity index (χ1) is 15.2. The highest BCUT2D eigenvalue weighted by Gasteiger charge is 2.18. The Morgan fingerprint density at radius 3 is 2.42 bits per heavy atom. The second kappa shape index (κ2) is 10.3. The Morgan fingerprint density at radius 2 is 1.71 bits per heavy atom. The molecule has 0 atom stereocenters. The zero-order chi connectivity index (χ0) is 21.6. The SMILES string of the molecule is COCCCn1c(SCc2noc(-c3ccccc3Cl)n2)nnc1-c1ccccc1Cl. The van der Waals surface area contributed by atoms with Gasteiger partial charge < -0.3 is 13.8 Å². The number of hydrogen-bond donors (Lipinski definition) is 0. The molecular weight excluding hydrogens is 457 g/mol. The first-order valence-corrected chi connectivity index (χ1v) is 11.3. The summed E-state index contributed by atoms with van der Waals surface area (Å²) in [6, 6.07) is 14.9. The van der Waals surface area contributed by atoms with Crippen molar-refractivity contribution in [1.29, 1.82) is 0 Å². The van der Waals surface area contributed by atoms with Gasteiger partial charge in [-0.2, -0.15) is 4.98 Å². The quantitative estimate of drug-likeness (QED) is 0.229. The molecule has 0 aliphatic carbocycles. The molecule has 0 unspecified atom stereocenters. The van der Waals surface area contributed by atoms with Crippen LogP contribution in [-0.2, 0) is 17.0 Å². The van der Waals surface area contributed by atoms with E-state index in [1.807, 2.05) is 47.0 Å². The fraction of sp³-hybridized carbons (Fsp3) is 0.238. The van der Waals surface area contributed by atoms with Crippen LogP contribution in [0.5, 0.6) is 0 Å². The van der Waals surface area contributed by atoms with Crippen LogP contribution in [0.1, 0.15) is 12.2 Å². The minimum absolute atomic E-state index is 0.388. The van der Waals surface area contributed by atoms with Gasteiger partial charge in [0.2, 0.25) is 0 Å². The van der Waals surface area contributed by atoms with Gasteiger partial charge in [-0.1, -0.05) is 64.4 Å². The predicted octanol–water partition coefficient (Wildman–Crippen LogP) is 5.63. The summed E-state index contributed by atoms with van der Waals surface area (Å²) in [7, 11) is 1.68. The van der Waals surface area contributed by atoms with Crippen molar-refractivity contribution in [3.63, 3.8) is 0 Å². The minimum Gasteiger partial charge on any atom is -0.385 e. The van der Waals surface area contributed by atoms with Gasteiger partial charge in [0, 0.05) is 25.8 Å². The van der Waals surface area contributed by atoms with E-state index >= 15 is 0 Å². The van der Waals surface area contributed by atoms with Crippen LogP contribution in [0.3, 0.4) is 0 Å². The zero-order valence-corrected chi connectivity index (χ0v) is 19.0. The lowest BCUT2D eigenvalue weighted by atomic mass is 10.2. The van der Waals surface area contributed by atoms with Crippen LogP contribution < -0.4 is 0 Å². The highest BCUT2D eigenvalue weighted by atomic mass is 35.5. The lowest BCUT2D eigenvalue weighted by Crippen LogP contribution is -2.05. The Morgan fingerprint density at radius 1 is 1.00 bits per heavy atom. The van der Waals surface area contributed by atoms with Crippen LogP contribution in [0.15, 0.2) is 58.2 Å². The van der Waals surface area contributed by atoms with Crippen LogP contribution in [0.4, 0.5) is 0 Å². The molecule has 0 amide bonds. The number of methoxy groups -OCH3 is 1. The lowest BCUT2D eigenvalue weighted by Gasteiger charge is -2.10. The molecule has 0 radical (unpaired) electrons.